The minimum absolute atomic E-state index is 0.0198. The van der Waals surface area contributed by atoms with Crippen LogP contribution in [-0.4, -0.2) is 40.9 Å². The molecule has 0 bridgehead atoms. The van der Waals surface area contributed by atoms with Crippen LogP contribution in [0.4, 0.5) is 4.79 Å². The van der Waals surface area contributed by atoms with Crippen LogP contribution in [0.5, 0.6) is 0 Å². The van der Waals surface area contributed by atoms with Gasteiger partial charge in [0, 0.05) is 19.0 Å². The van der Waals surface area contributed by atoms with Gasteiger partial charge in [0.1, 0.15) is 0 Å². The Hall–Kier alpha value is -1.30. The van der Waals surface area contributed by atoms with E-state index in [-0.39, 0.29) is 25.0 Å². The standard InChI is InChI=1S/C14H26N2O4/c1-2-3-10-4-6-11(7-5-10)16-14(20)15-9-8-12(17)13(18)19/h10-12,17H,2-9H2,1H3,(H,18,19)(H2,15,16,20)/t10?,11?,12-/m0/s1. The summed E-state index contributed by atoms with van der Waals surface area (Å²) in [5.41, 5.74) is 0. The summed E-state index contributed by atoms with van der Waals surface area (Å²) < 4.78 is 0. The van der Waals surface area contributed by atoms with E-state index in [4.69, 9.17) is 10.2 Å². The summed E-state index contributed by atoms with van der Waals surface area (Å²) in [4.78, 5) is 22.0. The highest BCUT2D eigenvalue weighted by Crippen LogP contribution is 2.27. The maximum Gasteiger partial charge on any atom is 0.332 e. The first-order chi connectivity index (χ1) is 9.52. The van der Waals surface area contributed by atoms with E-state index in [1.165, 1.54) is 12.8 Å². The van der Waals surface area contributed by atoms with Gasteiger partial charge in [-0.25, -0.2) is 9.59 Å². The monoisotopic (exact) mass is 286 g/mol. The number of nitrogens with one attached hydrogen (secondary N) is 2. The molecule has 2 amide bonds. The van der Waals surface area contributed by atoms with E-state index < -0.39 is 12.1 Å². The van der Waals surface area contributed by atoms with E-state index in [2.05, 4.69) is 17.6 Å². The van der Waals surface area contributed by atoms with Gasteiger partial charge in [-0.1, -0.05) is 19.8 Å². The largest absolute Gasteiger partial charge is 0.479 e. The quantitative estimate of drug-likeness (QED) is 0.569. The van der Waals surface area contributed by atoms with Crippen molar-refractivity contribution in [1.82, 2.24) is 10.6 Å². The van der Waals surface area contributed by atoms with Crippen molar-refractivity contribution in [2.45, 2.75) is 64.0 Å². The lowest BCUT2D eigenvalue weighted by Gasteiger charge is -2.29. The predicted octanol–water partition coefficient (Wildman–Crippen LogP) is 1.48. The summed E-state index contributed by atoms with van der Waals surface area (Å²) in [7, 11) is 0. The van der Waals surface area contributed by atoms with Gasteiger partial charge in [0.15, 0.2) is 6.10 Å². The van der Waals surface area contributed by atoms with Gasteiger partial charge in [-0.15, -0.1) is 0 Å². The number of aliphatic carboxylic acids is 1. The van der Waals surface area contributed by atoms with Crippen molar-refractivity contribution in [3.8, 4) is 0 Å². The molecule has 0 heterocycles. The minimum Gasteiger partial charge on any atom is -0.479 e. The van der Waals surface area contributed by atoms with Crippen LogP contribution < -0.4 is 10.6 Å². The van der Waals surface area contributed by atoms with Gasteiger partial charge in [-0.2, -0.15) is 0 Å². The molecule has 1 saturated carbocycles. The van der Waals surface area contributed by atoms with Crippen molar-refractivity contribution in [2.75, 3.05) is 6.54 Å². The van der Waals surface area contributed by atoms with Gasteiger partial charge >= 0.3 is 12.0 Å². The van der Waals surface area contributed by atoms with E-state index in [1.807, 2.05) is 0 Å². The lowest BCUT2D eigenvalue weighted by molar-refractivity contribution is -0.146. The maximum absolute atomic E-state index is 11.6. The molecule has 0 saturated heterocycles. The summed E-state index contributed by atoms with van der Waals surface area (Å²) >= 11 is 0. The Morgan fingerprint density at radius 3 is 2.45 bits per heavy atom. The lowest BCUT2D eigenvalue weighted by atomic mass is 9.83. The summed E-state index contributed by atoms with van der Waals surface area (Å²) in [6, 6.07) is -0.0611. The average molecular weight is 286 g/mol. The van der Waals surface area contributed by atoms with Gasteiger partial charge in [-0.05, 0) is 31.6 Å². The van der Waals surface area contributed by atoms with Crippen LogP contribution in [0.2, 0.25) is 0 Å². The van der Waals surface area contributed by atoms with Crippen LogP contribution in [0.25, 0.3) is 0 Å². The van der Waals surface area contributed by atoms with Crippen molar-refractivity contribution in [2.24, 2.45) is 5.92 Å². The first-order valence-corrected chi connectivity index (χ1v) is 7.48. The number of urea groups is 1. The molecule has 0 aromatic carbocycles. The van der Waals surface area contributed by atoms with Crippen LogP contribution in [0.3, 0.4) is 0 Å². The Bertz CT molecular complexity index is 314. The number of carbonyl (C=O) groups is 2. The number of carboxylic acids is 1. The molecule has 4 N–H and O–H groups in total. The summed E-state index contributed by atoms with van der Waals surface area (Å²) in [6.45, 7) is 2.35. The fourth-order valence-corrected chi connectivity index (χ4v) is 2.69. The zero-order valence-corrected chi connectivity index (χ0v) is 12.1. The lowest BCUT2D eigenvalue weighted by Crippen LogP contribution is -2.44. The normalized spacial score (nSPS) is 23.9. The highest BCUT2D eigenvalue weighted by atomic mass is 16.4. The highest BCUT2D eigenvalue weighted by Gasteiger charge is 2.21. The molecule has 1 rings (SSSR count). The number of carboxylic acid groups (broad SMARTS) is 1. The van der Waals surface area contributed by atoms with Crippen LogP contribution >= 0.6 is 0 Å². The number of aliphatic hydroxyl groups is 1. The molecule has 1 aliphatic carbocycles. The topological polar surface area (TPSA) is 98.7 Å². The molecule has 1 aliphatic rings. The third-order valence-corrected chi connectivity index (χ3v) is 3.87. The number of hydrogen-bond donors (Lipinski definition) is 4. The second-order valence-corrected chi connectivity index (χ2v) is 5.55. The molecule has 0 radical (unpaired) electrons. The second kappa shape index (κ2) is 8.79. The summed E-state index contributed by atoms with van der Waals surface area (Å²) in [5, 5.41) is 23.1. The molecule has 6 nitrogen and oxygen atoms in total. The highest BCUT2D eigenvalue weighted by molar-refractivity contribution is 5.74. The van der Waals surface area contributed by atoms with Crippen molar-refractivity contribution in [3.05, 3.63) is 0 Å². The Morgan fingerprint density at radius 2 is 1.90 bits per heavy atom. The average Bonchev–Trinajstić information content (AvgIpc) is 2.41. The number of rotatable bonds is 7. The van der Waals surface area contributed by atoms with Gasteiger partial charge in [0.2, 0.25) is 0 Å². The first-order valence-electron chi connectivity index (χ1n) is 7.48. The van der Waals surface area contributed by atoms with E-state index in [0.717, 1.165) is 31.6 Å². The van der Waals surface area contributed by atoms with Gasteiger partial charge in [-0.3, -0.25) is 0 Å². The van der Waals surface area contributed by atoms with Crippen LogP contribution in [0, 0.1) is 5.92 Å². The molecular formula is C14H26N2O4. The van der Waals surface area contributed by atoms with Crippen LogP contribution in [-0.2, 0) is 4.79 Å². The van der Waals surface area contributed by atoms with E-state index in [9.17, 15) is 9.59 Å². The molecule has 0 aromatic heterocycles. The predicted molar refractivity (Wildman–Crippen MR) is 75.4 cm³/mol. The molecule has 20 heavy (non-hydrogen) atoms. The van der Waals surface area contributed by atoms with Crippen molar-refractivity contribution >= 4 is 12.0 Å². The van der Waals surface area contributed by atoms with Gasteiger partial charge < -0.3 is 20.8 Å². The zero-order valence-electron chi connectivity index (χ0n) is 12.1. The number of hydrogen-bond acceptors (Lipinski definition) is 3. The number of carbonyl (C=O) groups excluding carboxylic acids is 1. The number of aliphatic hydroxyl groups excluding tert-OH is 1. The zero-order chi connectivity index (χ0) is 15.0. The second-order valence-electron chi connectivity index (χ2n) is 5.55. The molecule has 1 fully saturated rings. The van der Waals surface area contributed by atoms with Crippen molar-refractivity contribution < 1.29 is 19.8 Å². The fourth-order valence-electron chi connectivity index (χ4n) is 2.69. The Labute approximate surface area is 119 Å². The van der Waals surface area contributed by atoms with Crippen LogP contribution in [0.15, 0.2) is 0 Å². The molecule has 1 atom stereocenters. The number of amides is 2. The summed E-state index contributed by atoms with van der Waals surface area (Å²) in [5.74, 6) is -0.465. The first kappa shape index (κ1) is 16.8. The Kier molecular flexibility index (Phi) is 7.36. The molecule has 0 spiro atoms. The molecular weight excluding hydrogens is 260 g/mol. The molecule has 0 aliphatic heterocycles. The summed E-state index contributed by atoms with van der Waals surface area (Å²) in [6.07, 6.45) is 5.44. The van der Waals surface area contributed by atoms with Crippen LogP contribution in [0.1, 0.15) is 51.9 Å². The minimum atomic E-state index is -1.42. The third kappa shape index (κ3) is 6.23. The molecule has 116 valence electrons. The fraction of sp³-hybridized carbons (Fsp3) is 0.857. The molecule has 0 aromatic rings. The van der Waals surface area contributed by atoms with Crippen molar-refractivity contribution in [3.63, 3.8) is 0 Å². The maximum atomic E-state index is 11.6. The Balaban J connectivity index is 2.12. The van der Waals surface area contributed by atoms with E-state index in [0.29, 0.717) is 0 Å². The van der Waals surface area contributed by atoms with Crippen molar-refractivity contribution in [1.29, 1.82) is 0 Å². The molecule has 6 heteroatoms. The van der Waals surface area contributed by atoms with E-state index >= 15 is 0 Å². The van der Waals surface area contributed by atoms with E-state index in [1.54, 1.807) is 0 Å². The van der Waals surface area contributed by atoms with Gasteiger partial charge in [0.25, 0.3) is 0 Å². The Morgan fingerprint density at radius 1 is 1.25 bits per heavy atom. The molecule has 0 unspecified atom stereocenters. The van der Waals surface area contributed by atoms with Gasteiger partial charge in [0.05, 0.1) is 0 Å². The third-order valence-electron chi connectivity index (χ3n) is 3.87. The SMILES string of the molecule is CCCC1CCC(NC(=O)NCC[C@H](O)C(=O)O)CC1. The smallest absolute Gasteiger partial charge is 0.332 e.